The van der Waals surface area contributed by atoms with E-state index in [0.717, 1.165) is 38.2 Å². The Bertz CT molecular complexity index is 789. The lowest BCUT2D eigenvalue weighted by Gasteiger charge is -2.36. The molecule has 1 aromatic heterocycles. The smallest absolute Gasteiger partial charge is 0.254 e. The number of amides is 1. The van der Waals surface area contributed by atoms with Crippen LogP contribution in [0.1, 0.15) is 39.9 Å². The van der Waals surface area contributed by atoms with Crippen LogP contribution in [0.2, 0.25) is 0 Å². The Hall–Kier alpha value is -2.20. The van der Waals surface area contributed by atoms with Crippen molar-refractivity contribution in [1.29, 1.82) is 0 Å². The number of piperidine rings is 1. The standard InChI is InChI=1S/C22H27N3O/c1-16-3-5-20(11-17(16)2)22(26)25-14-19-4-6-21(25)15-24(13-19)12-18-7-9-23-10-8-18/h3,5,7-11,19,21H,4,6,12-15H2,1-2H3/t19-,21+/m0/s1. The second kappa shape index (κ2) is 7.20. The summed E-state index contributed by atoms with van der Waals surface area (Å²) in [5.74, 6) is 0.777. The van der Waals surface area contributed by atoms with Crippen molar-refractivity contribution in [3.05, 3.63) is 65.0 Å². The van der Waals surface area contributed by atoms with Crippen LogP contribution >= 0.6 is 0 Å². The lowest BCUT2D eigenvalue weighted by Crippen LogP contribution is -2.47. The minimum absolute atomic E-state index is 0.202. The number of pyridine rings is 1. The Morgan fingerprint density at radius 1 is 1.04 bits per heavy atom. The molecule has 4 nitrogen and oxygen atoms in total. The van der Waals surface area contributed by atoms with Crippen molar-refractivity contribution in [2.45, 2.75) is 39.3 Å². The maximum absolute atomic E-state index is 13.2. The number of benzene rings is 1. The Kier molecular flexibility index (Phi) is 4.77. The van der Waals surface area contributed by atoms with E-state index in [1.807, 2.05) is 24.5 Å². The number of carbonyl (C=O) groups excluding carboxylic acids is 1. The van der Waals surface area contributed by atoms with Crippen molar-refractivity contribution >= 4 is 5.91 Å². The zero-order chi connectivity index (χ0) is 18.1. The molecule has 4 heteroatoms. The molecule has 0 radical (unpaired) electrons. The van der Waals surface area contributed by atoms with Gasteiger partial charge in [0.2, 0.25) is 0 Å². The van der Waals surface area contributed by atoms with Gasteiger partial charge >= 0.3 is 0 Å². The van der Waals surface area contributed by atoms with E-state index in [-0.39, 0.29) is 5.91 Å². The summed E-state index contributed by atoms with van der Waals surface area (Å²) >= 11 is 0. The van der Waals surface area contributed by atoms with E-state index in [4.69, 9.17) is 0 Å². The number of carbonyl (C=O) groups is 1. The second-order valence-corrected chi connectivity index (χ2v) is 7.90. The maximum Gasteiger partial charge on any atom is 0.254 e. The van der Waals surface area contributed by atoms with Gasteiger partial charge < -0.3 is 4.90 Å². The summed E-state index contributed by atoms with van der Waals surface area (Å²) in [6.07, 6.45) is 6.07. The average Bonchev–Trinajstić information content (AvgIpc) is 2.95. The first kappa shape index (κ1) is 17.2. The molecule has 0 N–H and O–H groups in total. The van der Waals surface area contributed by atoms with Crippen LogP contribution in [0.5, 0.6) is 0 Å². The fourth-order valence-corrected chi connectivity index (χ4v) is 4.34. The molecule has 3 aliphatic heterocycles. The summed E-state index contributed by atoms with van der Waals surface area (Å²) < 4.78 is 0. The van der Waals surface area contributed by atoms with E-state index >= 15 is 0 Å². The maximum atomic E-state index is 13.2. The molecule has 0 saturated carbocycles. The van der Waals surface area contributed by atoms with Crippen molar-refractivity contribution < 1.29 is 4.79 Å². The predicted octanol–water partition coefficient (Wildman–Crippen LogP) is 3.44. The summed E-state index contributed by atoms with van der Waals surface area (Å²) in [5.41, 5.74) is 4.56. The van der Waals surface area contributed by atoms with Crippen LogP contribution in [0.3, 0.4) is 0 Å². The van der Waals surface area contributed by atoms with Gasteiger partial charge in [-0.15, -0.1) is 0 Å². The first-order chi connectivity index (χ1) is 12.6. The number of hydrogen-bond acceptors (Lipinski definition) is 3. The van der Waals surface area contributed by atoms with Crippen molar-refractivity contribution in [2.24, 2.45) is 5.92 Å². The molecule has 0 spiro atoms. The van der Waals surface area contributed by atoms with E-state index in [1.54, 1.807) is 0 Å². The molecule has 2 atom stereocenters. The Balaban J connectivity index is 1.51. The van der Waals surface area contributed by atoms with Gasteiger partial charge in [-0.2, -0.15) is 0 Å². The van der Waals surface area contributed by atoms with Gasteiger partial charge in [0.25, 0.3) is 5.91 Å². The molecular weight excluding hydrogens is 322 g/mol. The monoisotopic (exact) mass is 349 g/mol. The van der Waals surface area contributed by atoms with Crippen LogP contribution in [0.4, 0.5) is 0 Å². The largest absolute Gasteiger partial charge is 0.334 e. The van der Waals surface area contributed by atoms with Crippen LogP contribution in [-0.2, 0) is 6.54 Å². The number of aryl methyl sites for hydroxylation is 2. The molecular formula is C22H27N3O. The summed E-state index contributed by atoms with van der Waals surface area (Å²) in [4.78, 5) is 21.9. The summed E-state index contributed by atoms with van der Waals surface area (Å²) in [6, 6.07) is 10.6. The van der Waals surface area contributed by atoms with Gasteiger partial charge in [0.15, 0.2) is 0 Å². The number of aromatic nitrogens is 1. The first-order valence-electron chi connectivity index (χ1n) is 9.59. The highest BCUT2D eigenvalue weighted by Gasteiger charge is 2.37. The topological polar surface area (TPSA) is 36.4 Å². The zero-order valence-electron chi connectivity index (χ0n) is 15.7. The third-order valence-electron chi connectivity index (χ3n) is 5.96. The fraction of sp³-hybridized carbons (Fsp3) is 0.455. The average molecular weight is 349 g/mol. The first-order valence-corrected chi connectivity index (χ1v) is 9.59. The molecule has 0 aliphatic carbocycles. The zero-order valence-corrected chi connectivity index (χ0v) is 15.7. The Morgan fingerprint density at radius 2 is 1.85 bits per heavy atom. The van der Waals surface area contributed by atoms with Gasteiger partial charge in [-0.1, -0.05) is 6.07 Å². The van der Waals surface area contributed by atoms with Crippen LogP contribution in [-0.4, -0.2) is 46.4 Å². The molecule has 4 heterocycles. The van der Waals surface area contributed by atoms with E-state index < -0.39 is 0 Å². The van der Waals surface area contributed by atoms with E-state index in [0.29, 0.717) is 12.0 Å². The minimum Gasteiger partial charge on any atom is -0.334 e. The van der Waals surface area contributed by atoms with Crippen molar-refractivity contribution in [2.75, 3.05) is 19.6 Å². The number of fused-ring (bicyclic) bond motifs is 4. The van der Waals surface area contributed by atoms with Gasteiger partial charge in [-0.3, -0.25) is 14.7 Å². The highest BCUT2D eigenvalue weighted by atomic mass is 16.2. The van der Waals surface area contributed by atoms with Gasteiger partial charge in [0.1, 0.15) is 0 Å². The van der Waals surface area contributed by atoms with E-state index in [9.17, 15) is 4.79 Å². The number of hydrogen-bond donors (Lipinski definition) is 0. The molecule has 0 unspecified atom stereocenters. The minimum atomic E-state index is 0.202. The lowest BCUT2D eigenvalue weighted by atomic mass is 9.94. The predicted molar refractivity (Wildman–Crippen MR) is 103 cm³/mol. The highest BCUT2D eigenvalue weighted by molar-refractivity contribution is 5.94. The lowest BCUT2D eigenvalue weighted by molar-refractivity contribution is 0.0585. The molecule has 3 saturated heterocycles. The van der Waals surface area contributed by atoms with Gasteiger partial charge in [-0.25, -0.2) is 0 Å². The third-order valence-corrected chi connectivity index (χ3v) is 5.96. The van der Waals surface area contributed by atoms with Gasteiger partial charge in [0, 0.05) is 50.2 Å². The molecule has 2 bridgehead atoms. The van der Waals surface area contributed by atoms with Crippen LogP contribution in [0.25, 0.3) is 0 Å². The summed E-state index contributed by atoms with van der Waals surface area (Å²) in [5, 5.41) is 0. The van der Waals surface area contributed by atoms with Crippen molar-refractivity contribution in [3.8, 4) is 0 Å². The third kappa shape index (κ3) is 3.51. The molecule has 2 aromatic rings. The van der Waals surface area contributed by atoms with E-state index in [1.165, 1.54) is 23.1 Å². The molecule has 3 fully saturated rings. The normalized spacial score (nSPS) is 23.1. The highest BCUT2D eigenvalue weighted by Crippen LogP contribution is 2.30. The van der Waals surface area contributed by atoms with Gasteiger partial charge in [0.05, 0.1) is 0 Å². The Morgan fingerprint density at radius 3 is 2.62 bits per heavy atom. The second-order valence-electron chi connectivity index (χ2n) is 7.90. The number of nitrogens with zero attached hydrogens (tertiary/aromatic N) is 3. The van der Waals surface area contributed by atoms with Crippen molar-refractivity contribution in [1.82, 2.24) is 14.8 Å². The molecule has 1 amide bonds. The molecule has 26 heavy (non-hydrogen) atoms. The Labute approximate surface area is 155 Å². The van der Waals surface area contributed by atoms with Crippen molar-refractivity contribution in [3.63, 3.8) is 0 Å². The number of rotatable bonds is 3. The van der Waals surface area contributed by atoms with Crippen LogP contribution in [0.15, 0.2) is 42.7 Å². The fourth-order valence-electron chi connectivity index (χ4n) is 4.34. The molecule has 136 valence electrons. The molecule has 1 aromatic carbocycles. The SMILES string of the molecule is Cc1ccc(C(=O)N2C[C@H]3CC[C@@H]2CN(Cc2ccncc2)C3)cc1C. The van der Waals surface area contributed by atoms with E-state index in [2.05, 4.69) is 46.8 Å². The molecule has 5 rings (SSSR count). The van der Waals surface area contributed by atoms with Crippen LogP contribution < -0.4 is 0 Å². The summed E-state index contributed by atoms with van der Waals surface area (Å²) in [7, 11) is 0. The van der Waals surface area contributed by atoms with Crippen LogP contribution in [0, 0.1) is 19.8 Å². The van der Waals surface area contributed by atoms with Gasteiger partial charge in [-0.05, 0) is 73.6 Å². The quantitative estimate of drug-likeness (QED) is 0.852. The molecule has 3 aliphatic rings. The summed E-state index contributed by atoms with van der Waals surface area (Å²) in [6.45, 7) is 8.06.